The first-order chi connectivity index (χ1) is 8.41. The normalized spacial score (nSPS) is 10.7. The molecule has 0 aliphatic carbocycles. The summed E-state index contributed by atoms with van der Waals surface area (Å²) in [6, 6.07) is 5.33. The van der Waals surface area contributed by atoms with Gasteiger partial charge in [-0.25, -0.2) is 9.36 Å². The molecule has 0 fully saturated rings. The van der Waals surface area contributed by atoms with Crippen LogP contribution in [0.25, 0.3) is 5.69 Å². The molecule has 4 nitrogen and oxygen atoms in total. The number of hydrogen-bond donors (Lipinski definition) is 1. The van der Waals surface area contributed by atoms with Crippen LogP contribution < -0.4 is 11.2 Å². The van der Waals surface area contributed by atoms with Crippen molar-refractivity contribution in [1.82, 2.24) is 9.55 Å². The molecule has 1 aromatic carbocycles. The second-order valence-corrected chi connectivity index (χ2v) is 5.23. The maximum Gasteiger partial charge on any atom is 0.334 e. The summed E-state index contributed by atoms with van der Waals surface area (Å²) >= 11 is 9.10. The highest BCUT2D eigenvalue weighted by Crippen LogP contribution is 2.17. The zero-order chi connectivity index (χ0) is 13.4. The van der Waals surface area contributed by atoms with Gasteiger partial charge in [-0.3, -0.25) is 9.78 Å². The number of nitrogens with one attached hydrogen (secondary N) is 1. The number of aromatic nitrogens is 2. The van der Waals surface area contributed by atoms with Crippen molar-refractivity contribution in [2.45, 2.75) is 13.8 Å². The van der Waals surface area contributed by atoms with Crippen LogP contribution in [0.15, 0.2) is 32.3 Å². The van der Waals surface area contributed by atoms with Gasteiger partial charge in [-0.15, -0.1) is 0 Å². The molecule has 0 radical (unpaired) electrons. The van der Waals surface area contributed by atoms with Crippen molar-refractivity contribution in [3.05, 3.63) is 59.8 Å². The molecule has 0 amide bonds. The first-order valence-corrected chi connectivity index (χ1v) is 6.37. The van der Waals surface area contributed by atoms with E-state index >= 15 is 0 Å². The Hall–Kier alpha value is -1.33. The molecule has 1 N–H and O–H groups in total. The smallest absolute Gasteiger partial charge is 0.297 e. The molecule has 0 unspecified atom stereocenters. The highest BCUT2D eigenvalue weighted by Gasteiger charge is 2.12. The van der Waals surface area contributed by atoms with Gasteiger partial charge in [0, 0.05) is 4.47 Å². The van der Waals surface area contributed by atoms with E-state index in [1.807, 2.05) is 13.0 Å². The minimum Gasteiger partial charge on any atom is -0.297 e. The molecule has 0 saturated heterocycles. The number of benzene rings is 1. The molecule has 1 aromatic heterocycles. The molecular formula is C12H10BrClN2O2. The zero-order valence-corrected chi connectivity index (χ0v) is 12.1. The van der Waals surface area contributed by atoms with E-state index in [1.54, 1.807) is 19.1 Å². The first-order valence-electron chi connectivity index (χ1n) is 5.20. The fraction of sp³-hybridized carbons (Fsp3) is 0.167. The van der Waals surface area contributed by atoms with Crippen LogP contribution in [0.1, 0.15) is 11.1 Å². The monoisotopic (exact) mass is 328 g/mol. The van der Waals surface area contributed by atoms with E-state index < -0.39 is 11.2 Å². The van der Waals surface area contributed by atoms with Gasteiger partial charge in [0.05, 0.1) is 11.3 Å². The molecule has 0 atom stereocenters. The predicted octanol–water partition coefficient (Wildman–Crippen LogP) is 2.56. The number of rotatable bonds is 1. The number of H-pyrrole nitrogens is 1. The number of halogens is 2. The van der Waals surface area contributed by atoms with Crippen LogP contribution in [0.2, 0.25) is 5.15 Å². The average molecular weight is 330 g/mol. The molecule has 0 bridgehead atoms. The van der Waals surface area contributed by atoms with Crippen molar-refractivity contribution >= 4 is 27.5 Å². The molecule has 2 rings (SSSR count). The number of nitrogens with zero attached hydrogens (tertiary/aromatic N) is 1. The van der Waals surface area contributed by atoms with Crippen molar-refractivity contribution in [2.75, 3.05) is 0 Å². The molecule has 0 aliphatic rings. The topological polar surface area (TPSA) is 54.9 Å². The van der Waals surface area contributed by atoms with E-state index in [0.717, 1.165) is 14.6 Å². The Morgan fingerprint density at radius 1 is 1.28 bits per heavy atom. The van der Waals surface area contributed by atoms with Crippen molar-refractivity contribution in [2.24, 2.45) is 0 Å². The third-order valence-corrected chi connectivity index (χ3v) is 3.54. The molecule has 0 spiro atoms. The van der Waals surface area contributed by atoms with Crippen molar-refractivity contribution < 1.29 is 0 Å². The van der Waals surface area contributed by atoms with Crippen LogP contribution in [0.3, 0.4) is 0 Å². The van der Waals surface area contributed by atoms with E-state index in [0.29, 0.717) is 11.3 Å². The third kappa shape index (κ3) is 2.15. The number of aromatic amines is 1. The highest BCUT2D eigenvalue weighted by molar-refractivity contribution is 9.10. The molecule has 1 heterocycles. The molecular weight excluding hydrogens is 320 g/mol. The fourth-order valence-corrected chi connectivity index (χ4v) is 2.32. The van der Waals surface area contributed by atoms with Crippen molar-refractivity contribution in [1.29, 1.82) is 0 Å². The summed E-state index contributed by atoms with van der Waals surface area (Å²) in [5, 5.41) is 0.0796. The summed E-state index contributed by atoms with van der Waals surface area (Å²) in [6.45, 7) is 3.40. The number of aryl methyl sites for hydroxylation is 1. The van der Waals surface area contributed by atoms with Gasteiger partial charge in [0.2, 0.25) is 0 Å². The zero-order valence-electron chi connectivity index (χ0n) is 9.75. The number of hydrogen-bond acceptors (Lipinski definition) is 2. The van der Waals surface area contributed by atoms with Crippen LogP contribution in [0, 0.1) is 13.8 Å². The Morgan fingerprint density at radius 2 is 1.94 bits per heavy atom. The summed E-state index contributed by atoms with van der Waals surface area (Å²) in [5.74, 6) is 0. The van der Waals surface area contributed by atoms with Gasteiger partial charge in [0.1, 0.15) is 5.15 Å². The van der Waals surface area contributed by atoms with Crippen LogP contribution in [0.4, 0.5) is 0 Å². The summed E-state index contributed by atoms with van der Waals surface area (Å²) in [7, 11) is 0. The van der Waals surface area contributed by atoms with Gasteiger partial charge in [0.25, 0.3) is 5.56 Å². The van der Waals surface area contributed by atoms with Crippen molar-refractivity contribution in [3.63, 3.8) is 0 Å². The van der Waals surface area contributed by atoms with E-state index in [1.165, 1.54) is 0 Å². The minimum atomic E-state index is -0.541. The Morgan fingerprint density at radius 3 is 2.56 bits per heavy atom. The maximum absolute atomic E-state index is 12.1. The van der Waals surface area contributed by atoms with E-state index in [9.17, 15) is 9.59 Å². The lowest BCUT2D eigenvalue weighted by atomic mass is 10.2. The van der Waals surface area contributed by atoms with Crippen LogP contribution >= 0.6 is 27.5 Å². The van der Waals surface area contributed by atoms with Crippen molar-refractivity contribution in [3.8, 4) is 5.69 Å². The predicted molar refractivity (Wildman–Crippen MR) is 74.8 cm³/mol. The fourth-order valence-electron chi connectivity index (χ4n) is 1.69. The molecule has 0 saturated carbocycles. The Kier molecular flexibility index (Phi) is 3.45. The standard InChI is InChI=1S/C12H10BrClN2O2/c1-6-5-8(13)3-4-9(6)16-11(17)7(2)10(14)15-12(16)18/h3-5H,1-2H3,(H,15,18). The first kappa shape index (κ1) is 13.1. The molecule has 6 heteroatoms. The largest absolute Gasteiger partial charge is 0.334 e. The average Bonchev–Trinajstić information content (AvgIpc) is 2.29. The molecule has 0 aliphatic heterocycles. The summed E-state index contributed by atoms with van der Waals surface area (Å²) < 4.78 is 1.97. The molecule has 2 aromatic rings. The quantitative estimate of drug-likeness (QED) is 0.818. The van der Waals surface area contributed by atoms with E-state index in [4.69, 9.17) is 11.6 Å². The van der Waals surface area contributed by atoms with Crippen LogP contribution in [-0.2, 0) is 0 Å². The summed E-state index contributed by atoms with van der Waals surface area (Å²) in [4.78, 5) is 26.4. The Balaban J connectivity index is 2.84. The maximum atomic E-state index is 12.1. The lowest BCUT2D eigenvalue weighted by Gasteiger charge is -2.09. The minimum absolute atomic E-state index is 0.0796. The molecule has 94 valence electrons. The SMILES string of the molecule is Cc1cc(Br)ccc1-n1c(=O)[nH]c(Cl)c(C)c1=O. The van der Waals surface area contributed by atoms with Crippen LogP contribution in [0.5, 0.6) is 0 Å². The highest BCUT2D eigenvalue weighted by atomic mass is 79.9. The van der Waals surface area contributed by atoms with E-state index in [-0.39, 0.29) is 5.15 Å². The van der Waals surface area contributed by atoms with Gasteiger partial charge in [0.15, 0.2) is 0 Å². The summed E-state index contributed by atoms with van der Waals surface area (Å²) in [5.41, 5.74) is 0.733. The second kappa shape index (κ2) is 4.74. The lowest BCUT2D eigenvalue weighted by Crippen LogP contribution is -2.35. The van der Waals surface area contributed by atoms with E-state index in [2.05, 4.69) is 20.9 Å². The van der Waals surface area contributed by atoms with Gasteiger partial charge in [-0.05, 0) is 37.6 Å². The Labute approximate surface area is 116 Å². The van der Waals surface area contributed by atoms with Gasteiger partial charge in [-0.1, -0.05) is 27.5 Å². The van der Waals surface area contributed by atoms with Gasteiger partial charge < -0.3 is 0 Å². The van der Waals surface area contributed by atoms with Gasteiger partial charge in [-0.2, -0.15) is 0 Å². The summed E-state index contributed by atoms with van der Waals surface area (Å²) in [6.07, 6.45) is 0. The second-order valence-electron chi connectivity index (χ2n) is 3.94. The Bertz CT molecular complexity index is 734. The van der Waals surface area contributed by atoms with Crippen LogP contribution in [-0.4, -0.2) is 9.55 Å². The van der Waals surface area contributed by atoms with Gasteiger partial charge >= 0.3 is 5.69 Å². The third-order valence-electron chi connectivity index (χ3n) is 2.67. The lowest BCUT2D eigenvalue weighted by molar-refractivity contribution is 0.854. The molecule has 18 heavy (non-hydrogen) atoms.